The molecule has 5 aromatic rings. The third-order valence-corrected chi connectivity index (χ3v) is 5.96. The van der Waals surface area contributed by atoms with Crippen LogP contribution in [0.5, 0.6) is 5.75 Å². The lowest BCUT2D eigenvalue weighted by molar-refractivity contribution is 0.0646. The second kappa shape index (κ2) is 7.80. The van der Waals surface area contributed by atoms with Crippen molar-refractivity contribution in [2.45, 2.75) is 19.4 Å². The van der Waals surface area contributed by atoms with E-state index in [0.717, 1.165) is 22.6 Å². The Morgan fingerprint density at radius 3 is 2.91 bits per heavy atom. The summed E-state index contributed by atoms with van der Waals surface area (Å²) in [6.07, 6.45) is 3.82. The Morgan fingerprint density at radius 1 is 1.21 bits per heavy atom. The number of carbonyl (C=O) groups excluding carboxylic acids is 1. The number of ether oxygens (including phenoxy) is 1. The molecule has 0 aliphatic carbocycles. The monoisotopic (exact) mass is 456 g/mol. The molecule has 170 valence electrons. The highest BCUT2D eigenvalue weighted by Crippen LogP contribution is 2.34. The molecule has 1 unspecified atom stereocenters. The molecule has 11 nitrogen and oxygen atoms in total. The van der Waals surface area contributed by atoms with E-state index in [2.05, 4.69) is 25.1 Å². The third kappa shape index (κ3) is 3.20. The SMILES string of the molecule is COc1ccc(-c2nnc(C(=O)N3CCc4[nH]cnc4C3c3cc4cccc(C)n4n3)o2)nc1. The number of carbonyl (C=O) groups is 1. The van der Waals surface area contributed by atoms with Crippen molar-refractivity contribution in [2.24, 2.45) is 0 Å². The number of rotatable bonds is 4. The maximum absolute atomic E-state index is 13.6. The molecule has 6 rings (SSSR count). The summed E-state index contributed by atoms with van der Waals surface area (Å²) in [4.78, 5) is 27.2. The summed E-state index contributed by atoms with van der Waals surface area (Å²) in [5.41, 5.74) is 4.85. The van der Waals surface area contributed by atoms with E-state index in [0.29, 0.717) is 30.1 Å². The highest BCUT2D eigenvalue weighted by Gasteiger charge is 2.38. The molecular formula is C23H20N8O3. The molecule has 0 spiro atoms. The number of pyridine rings is 2. The summed E-state index contributed by atoms with van der Waals surface area (Å²) >= 11 is 0. The molecule has 11 heteroatoms. The molecule has 0 saturated heterocycles. The molecule has 1 N–H and O–H groups in total. The van der Waals surface area contributed by atoms with Crippen molar-refractivity contribution < 1.29 is 13.9 Å². The largest absolute Gasteiger partial charge is 0.495 e. The zero-order valence-corrected chi connectivity index (χ0v) is 18.5. The second-order valence-electron chi connectivity index (χ2n) is 7.99. The van der Waals surface area contributed by atoms with Gasteiger partial charge in [0.2, 0.25) is 0 Å². The highest BCUT2D eigenvalue weighted by atomic mass is 16.5. The Kier molecular flexibility index (Phi) is 4.61. The molecule has 1 atom stereocenters. The number of methoxy groups -OCH3 is 1. The normalized spacial score (nSPS) is 15.5. The molecule has 1 aliphatic rings. The Bertz CT molecular complexity index is 1500. The first-order valence-electron chi connectivity index (χ1n) is 10.7. The van der Waals surface area contributed by atoms with Crippen molar-refractivity contribution >= 4 is 11.4 Å². The fraction of sp³-hybridized carbons (Fsp3) is 0.217. The number of aryl methyl sites for hydroxylation is 1. The van der Waals surface area contributed by atoms with Gasteiger partial charge >= 0.3 is 11.8 Å². The van der Waals surface area contributed by atoms with E-state index in [1.165, 1.54) is 0 Å². The standard InChI is InChI=1S/C23H20N8O3/c1-13-4-3-5-14-10-18(29-31(13)14)20-19-16(25-12-26-19)8-9-30(20)23(32)22-28-27-21(34-22)17-7-6-15(33-2)11-24-17/h3-7,10-12,20H,8-9H2,1-2H3,(H,25,26). The van der Waals surface area contributed by atoms with E-state index in [1.807, 2.05) is 35.7 Å². The summed E-state index contributed by atoms with van der Waals surface area (Å²) in [6, 6.07) is 10.9. The molecule has 1 amide bonds. The van der Waals surface area contributed by atoms with Gasteiger partial charge in [0.1, 0.15) is 17.5 Å². The van der Waals surface area contributed by atoms with Gasteiger partial charge in [-0.25, -0.2) is 14.5 Å². The van der Waals surface area contributed by atoms with Crippen molar-refractivity contribution in [3.05, 3.63) is 77.6 Å². The zero-order valence-electron chi connectivity index (χ0n) is 18.5. The van der Waals surface area contributed by atoms with Crippen LogP contribution in [0.2, 0.25) is 0 Å². The Hall–Kier alpha value is -4.54. The van der Waals surface area contributed by atoms with E-state index in [9.17, 15) is 4.79 Å². The van der Waals surface area contributed by atoms with Crippen molar-refractivity contribution in [1.29, 1.82) is 0 Å². The smallest absolute Gasteiger partial charge is 0.312 e. The van der Waals surface area contributed by atoms with Crippen LogP contribution in [-0.2, 0) is 6.42 Å². The van der Waals surface area contributed by atoms with E-state index >= 15 is 0 Å². The van der Waals surface area contributed by atoms with Crippen LogP contribution in [0.3, 0.4) is 0 Å². The Labute approximate surface area is 193 Å². The fourth-order valence-corrected chi connectivity index (χ4v) is 4.26. The van der Waals surface area contributed by atoms with Gasteiger partial charge in [-0.1, -0.05) is 6.07 Å². The van der Waals surface area contributed by atoms with Crippen LogP contribution < -0.4 is 4.74 Å². The first-order valence-corrected chi connectivity index (χ1v) is 10.7. The number of hydrogen-bond donors (Lipinski definition) is 1. The van der Waals surface area contributed by atoms with Gasteiger partial charge in [-0.3, -0.25) is 4.79 Å². The molecule has 0 fully saturated rings. The average Bonchev–Trinajstić information content (AvgIpc) is 3.62. The van der Waals surface area contributed by atoms with Gasteiger partial charge in [0.25, 0.3) is 5.89 Å². The summed E-state index contributed by atoms with van der Waals surface area (Å²) in [5.74, 6) is 0.257. The van der Waals surface area contributed by atoms with Gasteiger partial charge in [-0.2, -0.15) is 5.10 Å². The van der Waals surface area contributed by atoms with Crippen LogP contribution in [0.15, 0.2) is 53.3 Å². The number of H-pyrrole nitrogens is 1. The summed E-state index contributed by atoms with van der Waals surface area (Å²) in [6.45, 7) is 2.44. The van der Waals surface area contributed by atoms with Crippen LogP contribution in [-0.4, -0.2) is 59.2 Å². The van der Waals surface area contributed by atoms with Crippen LogP contribution in [0.4, 0.5) is 0 Å². The first kappa shape index (κ1) is 20.1. The summed E-state index contributed by atoms with van der Waals surface area (Å²) < 4.78 is 12.7. The predicted molar refractivity (Wildman–Crippen MR) is 119 cm³/mol. The second-order valence-corrected chi connectivity index (χ2v) is 7.99. The number of nitrogens with one attached hydrogen (secondary N) is 1. The molecule has 5 aromatic heterocycles. The van der Waals surface area contributed by atoms with Crippen LogP contribution in [0, 0.1) is 6.92 Å². The predicted octanol–water partition coefficient (Wildman–Crippen LogP) is 2.61. The number of hydrogen-bond acceptors (Lipinski definition) is 8. The number of aromatic nitrogens is 7. The maximum Gasteiger partial charge on any atom is 0.312 e. The average molecular weight is 456 g/mol. The van der Waals surface area contributed by atoms with Crippen molar-refractivity contribution in [2.75, 3.05) is 13.7 Å². The molecule has 1 aliphatic heterocycles. The van der Waals surface area contributed by atoms with Crippen LogP contribution >= 0.6 is 0 Å². The molecule has 0 saturated carbocycles. The minimum absolute atomic E-state index is 0.114. The topological polar surface area (TPSA) is 127 Å². The molecule has 0 bridgehead atoms. The van der Waals surface area contributed by atoms with E-state index < -0.39 is 6.04 Å². The maximum atomic E-state index is 13.6. The number of aromatic amines is 1. The minimum Gasteiger partial charge on any atom is -0.495 e. The highest BCUT2D eigenvalue weighted by molar-refractivity contribution is 5.90. The van der Waals surface area contributed by atoms with E-state index in [4.69, 9.17) is 14.3 Å². The minimum atomic E-state index is -0.490. The lowest BCUT2D eigenvalue weighted by atomic mass is 9.99. The molecule has 6 heterocycles. The van der Waals surface area contributed by atoms with Gasteiger partial charge in [0, 0.05) is 24.4 Å². The van der Waals surface area contributed by atoms with E-state index in [1.54, 1.807) is 36.7 Å². The van der Waals surface area contributed by atoms with Crippen molar-refractivity contribution in [1.82, 2.24) is 39.7 Å². The zero-order chi connectivity index (χ0) is 23.2. The summed E-state index contributed by atoms with van der Waals surface area (Å²) in [5, 5.41) is 12.8. The van der Waals surface area contributed by atoms with Gasteiger partial charge in [-0.15, -0.1) is 10.2 Å². The molecule has 0 radical (unpaired) electrons. The van der Waals surface area contributed by atoms with Crippen molar-refractivity contribution in [3.63, 3.8) is 0 Å². The number of fused-ring (bicyclic) bond motifs is 2. The molecule has 0 aromatic carbocycles. The van der Waals surface area contributed by atoms with E-state index in [-0.39, 0.29) is 17.7 Å². The Balaban J connectivity index is 1.37. The molecular weight excluding hydrogens is 436 g/mol. The van der Waals surface area contributed by atoms with Crippen LogP contribution in [0.25, 0.3) is 17.1 Å². The van der Waals surface area contributed by atoms with Crippen LogP contribution in [0.1, 0.15) is 39.5 Å². The lowest BCUT2D eigenvalue weighted by Crippen LogP contribution is -2.41. The Morgan fingerprint density at radius 2 is 2.12 bits per heavy atom. The summed E-state index contributed by atoms with van der Waals surface area (Å²) in [7, 11) is 1.56. The van der Waals surface area contributed by atoms with Gasteiger partial charge in [0.15, 0.2) is 0 Å². The fourth-order valence-electron chi connectivity index (χ4n) is 4.26. The van der Waals surface area contributed by atoms with Gasteiger partial charge < -0.3 is 19.0 Å². The number of amides is 1. The number of imidazole rings is 1. The third-order valence-electron chi connectivity index (χ3n) is 5.96. The van der Waals surface area contributed by atoms with Gasteiger partial charge in [0.05, 0.1) is 36.5 Å². The number of nitrogens with zero attached hydrogens (tertiary/aromatic N) is 7. The molecule has 34 heavy (non-hydrogen) atoms. The van der Waals surface area contributed by atoms with Gasteiger partial charge in [-0.05, 0) is 37.3 Å². The van der Waals surface area contributed by atoms with Crippen molar-refractivity contribution in [3.8, 4) is 17.3 Å². The quantitative estimate of drug-likeness (QED) is 0.437. The first-order chi connectivity index (χ1) is 16.6. The lowest BCUT2D eigenvalue weighted by Gasteiger charge is -2.32.